The van der Waals surface area contributed by atoms with E-state index in [4.69, 9.17) is 11.6 Å². The molecule has 0 saturated carbocycles. The highest BCUT2D eigenvalue weighted by Crippen LogP contribution is 2.28. The first-order chi connectivity index (χ1) is 8.58. The summed E-state index contributed by atoms with van der Waals surface area (Å²) in [5.74, 6) is 0.166. The van der Waals surface area contributed by atoms with E-state index in [0.717, 1.165) is 4.90 Å². The van der Waals surface area contributed by atoms with Gasteiger partial charge in [0.2, 0.25) is 0 Å². The lowest BCUT2D eigenvalue weighted by Gasteiger charge is -2.11. The first-order valence-electron chi connectivity index (χ1n) is 5.31. The molecule has 3 nitrogen and oxygen atoms in total. The van der Waals surface area contributed by atoms with Gasteiger partial charge in [-0.15, -0.1) is 11.8 Å². The van der Waals surface area contributed by atoms with Gasteiger partial charge in [-0.25, -0.2) is 4.39 Å². The second-order valence-corrected chi connectivity index (χ2v) is 5.28. The monoisotopic (exact) mass is 286 g/mol. The Labute approximate surface area is 114 Å². The van der Waals surface area contributed by atoms with Crippen LogP contribution in [0.1, 0.15) is 11.8 Å². The van der Waals surface area contributed by atoms with Gasteiger partial charge >= 0.3 is 0 Å². The number of nitrogens with zero attached hydrogens (tertiary/aromatic N) is 2. The zero-order valence-electron chi connectivity index (χ0n) is 9.68. The van der Waals surface area contributed by atoms with Crippen LogP contribution in [0.3, 0.4) is 0 Å². The van der Waals surface area contributed by atoms with Gasteiger partial charge < -0.3 is 5.11 Å². The number of aromatic nitrogens is 2. The lowest BCUT2D eigenvalue weighted by Crippen LogP contribution is -2.08. The van der Waals surface area contributed by atoms with Gasteiger partial charge in [-0.1, -0.05) is 11.6 Å². The van der Waals surface area contributed by atoms with E-state index in [0.29, 0.717) is 16.5 Å². The van der Waals surface area contributed by atoms with Crippen LogP contribution in [0.5, 0.6) is 0 Å². The summed E-state index contributed by atoms with van der Waals surface area (Å²) in [6.45, 7) is 0. The third kappa shape index (κ3) is 3.04. The number of benzene rings is 1. The maximum absolute atomic E-state index is 12.7. The number of aliphatic hydroxyl groups excluding tert-OH is 1. The smallest absolute Gasteiger partial charge is 0.123 e. The molecule has 1 heterocycles. The zero-order valence-corrected chi connectivity index (χ0v) is 11.2. The van der Waals surface area contributed by atoms with Gasteiger partial charge in [0.25, 0.3) is 0 Å². The van der Waals surface area contributed by atoms with Crippen LogP contribution in [-0.4, -0.2) is 20.6 Å². The van der Waals surface area contributed by atoms with E-state index in [-0.39, 0.29) is 5.82 Å². The number of hydrogen-bond donors (Lipinski definition) is 1. The van der Waals surface area contributed by atoms with Crippen molar-refractivity contribution in [2.45, 2.75) is 11.0 Å². The number of rotatable bonds is 4. The highest BCUT2D eigenvalue weighted by Gasteiger charge is 2.16. The summed E-state index contributed by atoms with van der Waals surface area (Å²) >= 11 is 7.38. The molecule has 0 radical (unpaired) electrons. The van der Waals surface area contributed by atoms with Crippen molar-refractivity contribution in [3.05, 3.63) is 47.0 Å². The maximum Gasteiger partial charge on any atom is 0.123 e. The average molecular weight is 287 g/mol. The van der Waals surface area contributed by atoms with E-state index >= 15 is 0 Å². The topological polar surface area (TPSA) is 38.0 Å². The zero-order chi connectivity index (χ0) is 13.1. The number of halogens is 2. The third-order valence-electron chi connectivity index (χ3n) is 2.47. The highest BCUT2D eigenvalue weighted by atomic mass is 35.5. The summed E-state index contributed by atoms with van der Waals surface area (Å²) in [7, 11) is 1.73. The molecule has 18 heavy (non-hydrogen) atoms. The first-order valence-corrected chi connectivity index (χ1v) is 6.68. The highest BCUT2D eigenvalue weighted by molar-refractivity contribution is 7.99. The molecular formula is C12H12ClFN2OS. The Morgan fingerprint density at radius 3 is 2.67 bits per heavy atom. The summed E-state index contributed by atoms with van der Waals surface area (Å²) in [5, 5.41) is 14.5. The molecule has 6 heteroatoms. The largest absolute Gasteiger partial charge is 0.386 e. The van der Waals surface area contributed by atoms with E-state index in [1.165, 1.54) is 30.1 Å². The predicted molar refractivity (Wildman–Crippen MR) is 70.3 cm³/mol. The summed E-state index contributed by atoms with van der Waals surface area (Å²) in [4.78, 5) is 0.897. The molecule has 0 amide bonds. The maximum atomic E-state index is 12.7. The molecule has 1 unspecified atom stereocenters. The molecule has 0 spiro atoms. The van der Waals surface area contributed by atoms with Crippen LogP contribution < -0.4 is 0 Å². The molecule has 1 aromatic carbocycles. The van der Waals surface area contributed by atoms with Crippen LogP contribution in [0, 0.1) is 5.82 Å². The minimum absolute atomic E-state index is 0.269. The third-order valence-corrected chi connectivity index (χ3v) is 3.85. The Balaban J connectivity index is 2.00. The lowest BCUT2D eigenvalue weighted by molar-refractivity contribution is 0.194. The van der Waals surface area contributed by atoms with Crippen molar-refractivity contribution in [1.82, 2.24) is 9.78 Å². The van der Waals surface area contributed by atoms with Crippen molar-refractivity contribution in [2.75, 3.05) is 5.75 Å². The van der Waals surface area contributed by atoms with Crippen molar-refractivity contribution in [2.24, 2.45) is 7.05 Å². The average Bonchev–Trinajstić information content (AvgIpc) is 2.68. The molecule has 1 N–H and O–H groups in total. The predicted octanol–water partition coefficient (Wildman–Crippen LogP) is 3.04. The number of aryl methyl sites for hydroxylation is 1. The van der Waals surface area contributed by atoms with E-state index in [9.17, 15) is 9.50 Å². The quantitative estimate of drug-likeness (QED) is 0.878. The van der Waals surface area contributed by atoms with Gasteiger partial charge in [0.1, 0.15) is 11.9 Å². The van der Waals surface area contributed by atoms with Crippen molar-refractivity contribution in [1.29, 1.82) is 0 Å². The van der Waals surface area contributed by atoms with E-state index < -0.39 is 6.10 Å². The van der Waals surface area contributed by atoms with Crippen molar-refractivity contribution in [3.63, 3.8) is 0 Å². The van der Waals surface area contributed by atoms with E-state index in [1.54, 1.807) is 23.9 Å². The summed E-state index contributed by atoms with van der Waals surface area (Å²) in [6, 6.07) is 6.15. The van der Waals surface area contributed by atoms with Crippen molar-refractivity contribution in [3.8, 4) is 0 Å². The Bertz CT molecular complexity index is 510. The second-order valence-electron chi connectivity index (χ2n) is 3.78. The van der Waals surface area contributed by atoms with Gasteiger partial charge in [-0.3, -0.25) is 4.68 Å². The molecule has 96 valence electrons. The molecule has 0 aliphatic carbocycles. The molecule has 0 bridgehead atoms. The Morgan fingerprint density at radius 2 is 2.11 bits per heavy atom. The molecule has 0 fully saturated rings. The standard InChI is InChI=1S/C12H12ClFN2OS/c1-16-12(10(13)6-15-16)11(17)7-18-9-4-2-8(14)3-5-9/h2-6,11,17H,7H2,1H3. The second kappa shape index (κ2) is 5.73. The van der Waals surface area contributed by atoms with Crippen LogP contribution in [0.25, 0.3) is 0 Å². The fourth-order valence-corrected chi connectivity index (χ4v) is 2.71. The Morgan fingerprint density at radius 1 is 1.44 bits per heavy atom. The van der Waals surface area contributed by atoms with E-state index in [1.807, 2.05) is 0 Å². The first kappa shape index (κ1) is 13.4. The molecule has 0 aliphatic heterocycles. The van der Waals surface area contributed by atoms with E-state index in [2.05, 4.69) is 5.10 Å². The molecule has 0 saturated heterocycles. The molecule has 1 aromatic heterocycles. The van der Waals surface area contributed by atoms with Gasteiger partial charge in [-0.05, 0) is 24.3 Å². The van der Waals surface area contributed by atoms with Crippen molar-refractivity contribution < 1.29 is 9.50 Å². The fraction of sp³-hybridized carbons (Fsp3) is 0.250. The van der Waals surface area contributed by atoms with Crippen LogP contribution in [0.15, 0.2) is 35.4 Å². The molecule has 0 aliphatic rings. The number of hydrogen-bond acceptors (Lipinski definition) is 3. The van der Waals surface area contributed by atoms with Crippen LogP contribution >= 0.6 is 23.4 Å². The van der Waals surface area contributed by atoms with Gasteiger partial charge in [-0.2, -0.15) is 5.10 Å². The number of thioether (sulfide) groups is 1. The van der Waals surface area contributed by atoms with Gasteiger partial charge in [0, 0.05) is 17.7 Å². The Kier molecular flexibility index (Phi) is 4.27. The van der Waals surface area contributed by atoms with Gasteiger partial charge in [0.05, 0.1) is 16.9 Å². The van der Waals surface area contributed by atoms with Crippen LogP contribution in [-0.2, 0) is 7.05 Å². The summed E-state index contributed by atoms with van der Waals surface area (Å²) in [5.41, 5.74) is 0.589. The molecule has 2 rings (SSSR count). The minimum Gasteiger partial charge on any atom is -0.386 e. The lowest BCUT2D eigenvalue weighted by atomic mass is 10.3. The Hall–Kier alpha value is -1.04. The fourth-order valence-electron chi connectivity index (χ4n) is 1.58. The summed E-state index contributed by atoms with van der Waals surface area (Å²) in [6.07, 6.45) is 0.794. The van der Waals surface area contributed by atoms with Crippen LogP contribution in [0.2, 0.25) is 5.02 Å². The minimum atomic E-state index is -0.708. The normalized spacial score (nSPS) is 12.7. The number of aliphatic hydroxyl groups is 1. The molecular weight excluding hydrogens is 275 g/mol. The van der Waals surface area contributed by atoms with Crippen molar-refractivity contribution >= 4 is 23.4 Å². The van der Waals surface area contributed by atoms with Crippen LogP contribution in [0.4, 0.5) is 4.39 Å². The SMILES string of the molecule is Cn1ncc(Cl)c1C(O)CSc1ccc(F)cc1. The summed E-state index contributed by atoms with van der Waals surface area (Å²) < 4.78 is 14.3. The molecule has 1 atom stereocenters. The molecule has 2 aromatic rings. The van der Waals surface area contributed by atoms with Gasteiger partial charge in [0.15, 0.2) is 0 Å².